The highest BCUT2D eigenvalue weighted by molar-refractivity contribution is 7.98. The van der Waals surface area contributed by atoms with Crippen molar-refractivity contribution in [1.29, 1.82) is 0 Å². The monoisotopic (exact) mass is 423 g/mol. The van der Waals surface area contributed by atoms with Crippen molar-refractivity contribution in [3.63, 3.8) is 0 Å². The minimum atomic E-state index is -0.634. The molecule has 1 aromatic heterocycles. The molecule has 2 aliphatic rings. The summed E-state index contributed by atoms with van der Waals surface area (Å²) in [4.78, 5) is 30.7. The highest BCUT2D eigenvalue weighted by Crippen LogP contribution is 2.40. The molecule has 0 aliphatic carbocycles. The molecule has 152 valence electrons. The van der Waals surface area contributed by atoms with Crippen molar-refractivity contribution in [2.45, 2.75) is 24.7 Å². The van der Waals surface area contributed by atoms with E-state index in [1.165, 1.54) is 11.8 Å². The zero-order chi connectivity index (χ0) is 20.8. The number of anilines is 1. The topological polar surface area (TPSA) is 88.4 Å². The van der Waals surface area contributed by atoms with Gasteiger partial charge in [-0.1, -0.05) is 30.8 Å². The van der Waals surface area contributed by atoms with E-state index in [0.717, 1.165) is 5.56 Å². The summed E-state index contributed by atoms with van der Waals surface area (Å²) in [5.74, 6) is 1.18. The molecule has 1 atom stereocenters. The Morgan fingerprint density at radius 1 is 1.27 bits per heavy atom. The lowest BCUT2D eigenvalue weighted by atomic mass is 10.0. The Hall–Kier alpha value is -3.33. The maximum Gasteiger partial charge on any atom is 0.325 e. The van der Waals surface area contributed by atoms with Crippen molar-refractivity contribution < 1.29 is 19.0 Å². The maximum absolute atomic E-state index is 13.1. The lowest BCUT2D eigenvalue weighted by Gasteiger charge is -2.32. The lowest BCUT2D eigenvalue weighted by Crippen LogP contribution is -2.60. The molecule has 0 bridgehead atoms. The van der Waals surface area contributed by atoms with Crippen LogP contribution in [0, 0.1) is 0 Å². The Bertz CT molecular complexity index is 1230. The Labute approximate surface area is 176 Å². The third-order valence-electron chi connectivity index (χ3n) is 5.22. The second-order valence-electron chi connectivity index (χ2n) is 6.88. The van der Waals surface area contributed by atoms with E-state index in [1.807, 2.05) is 55.6 Å². The molecule has 0 fully saturated rings. The standard InChI is InChI=1S/C21H18N4O4S/c1-3-17(26)24-14-7-5-4-6-13(14)18-19(27)22-21(30-2)23-25(18)20(24)12-8-9-15-16(10-12)29-11-28-15/h4-10,20H,3,11H2,1-2H3/p+1/t20-/m0/s1. The van der Waals surface area contributed by atoms with Crippen LogP contribution in [0.2, 0.25) is 0 Å². The van der Waals surface area contributed by atoms with Crippen LogP contribution >= 0.6 is 11.8 Å². The molecular weight excluding hydrogens is 404 g/mol. The van der Waals surface area contributed by atoms with Crippen LogP contribution in [0.25, 0.3) is 11.3 Å². The summed E-state index contributed by atoms with van der Waals surface area (Å²) in [6.45, 7) is 1.97. The largest absolute Gasteiger partial charge is 0.454 e. The van der Waals surface area contributed by atoms with E-state index >= 15 is 0 Å². The summed E-state index contributed by atoms with van der Waals surface area (Å²) >= 11 is 1.33. The van der Waals surface area contributed by atoms with E-state index in [9.17, 15) is 9.59 Å². The van der Waals surface area contributed by atoms with Gasteiger partial charge in [-0.05, 0) is 41.3 Å². The number of rotatable bonds is 3. The third-order valence-corrected chi connectivity index (χ3v) is 5.79. The van der Waals surface area contributed by atoms with Gasteiger partial charge in [0.05, 0.1) is 11.3 Å². The van der Waals surface area contributed by atoms with Crippen molar-refractivity contribution in [3.05, 3.63) is 58.4 Å². The van der Waals surface area contributed by atoms with Crippen molar-refractivity contribution in [1.82, 2.24) is 10.1 Å². The first-order valence-electron chi connectivity index (χ1n) is 9.53. The van der Waals surface area contributed by atoms with Crippen LogP contribution in [0.3, 0.4) is 0 Å². The summed E-state index contributed by atoms with van der Waals surface area (Å²) in [5, 5.41) is 5.14. The SMILES string of the molecule is CCC(=O)N1c2ccccc2-c2c(=O)[nH]c(SC)n[n+]2[C@H]1c1ccc2c(c1)OCO2. The van der Waals surface area contributed by atoms with Gasteiger partial charge < -0.3 is 9.47 Å². The Morgan fingerprint density at radius 3 is 2.87 bits per heavy atom. The van der Waals surface area contributed by atoms with Crippen LogP contribution in [-0.4, -0.2) is 29.0 Å². The predicted molar refractivity (Wildman–Crippen MR) is 111 cm³/mol. The quantitative estimate of drug-likeness (QED) is 0.514. The van der Waals surface area contributed by atoms with E-state index in [4.69, 9.17) is 9.47 Å². The van der Waals surface area contributed by atoms with Gasteiger partial charge in [0.2, 0.25) is 17.9 Å². The van der Waals surface area contributed by atoms with Crippen molar-refractivity contribution in [2.24, 2.45) is 0 Å². The minimum absolute atomic E-state index is 0.0731. The number of nitrogens with one attached hydrogen (secondary N) is 1. The molecule has 1 N–H and O–H groups in total. The van der Waals surface area contributed by atoms with Crippen LogP contribution in [-0.2, 0) is 4.79 Å². The molecule has 0 radical (unpaired) electrons. The van der Waals surface area contributed by atoms with Crippen molar-refractivity contribution in [2.75, 3.05) is 17.9 Å². The number of hydrogen-bond donors (Lipinski definition) is 1. The van der Waals surface area contributed by atoms with Crippen LogP contribution in [0.4, 0.5) is 5.69 Å². The average Bonchev–Trinajstić information content (AvgIpc) is 3.25. The molecule has 0 saturated heterocycles. The highest BCUT2D eigenvalue weighted by Gasteiger charge is 2.45. The van der Waals surface area contributed by atoms with E-state index in [2.05, 4.69) is 10.1 Å². The molecule has 0 spiro atoms. The average molecular weight is 423 g/mol. The molecule has 3 aromatic rings. The van der Waals surface area contributed by atoms with Gasteiger partial charge in [-0.2, -0.15) is 0 Å². The first-order chi connectivity index (χ1) is 14.6. The van der Waals surface area contributed by atoms with Gasteiger partial charge in [0.25, 0.3) is 6.17 Å². The van der Waals surface area contributed by atoms with Crippen LogP contribution in [0.15, 0.2) is 52.4 Å². The molecule has 2 aliphatic heterocycles. The molecule has 9 heteroatoms. The van der Waals surface area contributed by atoms with E-state index < -0.39 is 6.17 Å². The van der Waals surface area contributed by atoms with Crippen LogP contribution in [0.1, 0.15) is 25.1 Å². The Morgan fingerprint density at radius 2 is 2.07 bits per heavy atom. The number of thioether (sulfide) groups is 1. The molecule has 0 saturated carbocycles. The van der Waals surface area contributed by atoms with Gasteiger partial charge >= 0.3 is 11.3 Å². The number of aromatic nitrogens is 3. The number of aromatic amines is 1. The first kappa shape index (κ1) is 18.7. The molecule has 0 unspecified atom stereocenters. The smallest absolute Gasteiger partial charge is 0.325 e. The zero-order valence-corrected chi connectivity index (χ0v) is 17.2. The number of benzene rings is 2. The molecule has 30 heavy (non-hydrogen) atoms. The van der Waals surface area contributed by atoms with E-state index in [0.29, 0.717) is 40.0 Å². The number of carbonyl (C=O) groups is 1. The third kappa shape index (κ3) is 2.77. The molecule has 1 amide bonds. The zero-order valence-electron chi connectivity index (χ0n) is 16.4. The second kappa shape index (κ2) is 7.17. The number of para-hydroxylation sites is 1. The van der Waals surface area contributed by atoms with Crippen LogP contribution < -0.4 is 24.6 Å². The summed E-state index contributed by atoms with van der Waals surface area (Å²) in [7, 11) is 0. The second-order valence-corrected chi connectivity index (χ2v) is 7.67. The fourth-order valence-corrected chi connectivity index (χ4v) is 4.24. The van der Waals surface area contributed by atoms with Gasteiger partial charge in [-0.3, -0.25) is 14.6 Å². The van der Waals surface area contributed by atoms with Crippen molar-refractivity contribution >= 4 is 23.4 Å². The number of nitrogens with zero attached hydrogens (tertiary/aromatic N) is 3. The van der Waals surface area contributed by atoms with Crippen molar-refractivity contribution in [3.8, 4) is 22.8 Å². The number of ether oxygens (including phenoxy) is 2. The maximum atomic E-state index is 13.1. The molecule has 5 rings (SSSR count). The Balaban J connectivity index is 1.82. The highest BCUT2D eigenvalue weighted by atomic mass is 32.2. The number of carbonyl (C=O) groups excluding carboxylic acids is 1. The fourth-order valence-electron chi connectivity index (χ4n) is 3.88. The van der Waals surface area contributed by atoms with Gasteiger partial charge in [-0.25, -0.2) is 4.90 Å². The molecule has 3 heterocycles. The van der Waals surface area contributed by atoms with Crippen LogP contribution in [0.5, 0.6) is 11.5 Å². The van der Waals surface area contributed by atoms with E-state index in [1.54, 1.807) is 9.58 Å². The summed E-state index contributed by atoms with van der Waals surface area (Å²) < 4.78 is 12.6. The summed E-state index contributed by atoms with van der Waals surface area (Å²) in [5.41, 5.74) is 2.27. The Kier molecular flexibility index (Phi) is 4.47. The molecule has 8 nitrogen and oxygen atoms in total. The number of H-pyrrole nitrogens is 1. The summed E-state index contributed by atoms with van der Waals surface area (Å²) in [6, 6.07) is 12.9. The normalized spacial score (nSPS) is 16.2. The van der Waals surface area contributed by atoms with Gasteiger partial charge in [0.1, 0.15) is 0 Å². The predicted octanol–water partition coefficient (Wildman–Crippen LogP) is 2.48. The minimum Gasteiger partial charge on any atom is -0.454 e. The molecule has 2 aromatic carbocycles. The number of hydrogen-bond acceptors (Lipinski definition) is 6. The number of fused-ring (bicyclic) bond motifs is 4. The first-order valence-corrected chi connectivity index (χ1v) is 10.8. The molecular formula is C21H19N4O4S+. The lowest BCUT2D eigenvalue weighted by molar-refractivity contribution is -0.763. The number of amides is 1. The van der Waals surface area contributed by atoms with Gasteiger partial charge in [0.15, 0.2) is 11.5 Å². The van der Waals surface area contributed by atoms with E-state index in [-0.39, 0.29) is 18.3 Å². The van der Waals surface area contributed by atoms with Gasteiger partial charge in [-0.15, -0.1) is 0 Å². The fraction of sp³-hybridized carbons (Fsp3) is 0.238. The van der Waals surface area contributed by atoms with Gasteiger partial charge in [0, 0.05) is 17.1 Å². The summed E-state index contributed by atoms with van der Waals surface area (Å²) in [6.07, 6.45) is 1.51.